The number of hydrogen-bond acceptors (Lipinski definition) is 3. The van der Waals surface area contributed by atoms with Gasteiger partial charge < -0.3 is 0 Å². The predicted molar refractivity (Wildman–Crippen MR) is 88.2 cm³/mol. The third kappa shape index (κ3) is 3.09. The molecule has 0 radical (unpaired) electrons. The Balaban J connectivity index is 2.11. The molecule has 3 rings (SSSR count). The molecule has 0 saturated carbocycles. The summed E-state index contributed by atoms with van der Waals surface area (Å²) in [5, 5.41) is 3.48. The zero-order chi connectivity index (χ0) is 17.5. The van der Waals surface area contributed by atoms with Gasteiger partial charge in [-0.15, -0.1) is 0 Å². The molecule has 2 nitrogen and oxygen atoms in total. The molecule has 3 aromatic rings. The quantitative estimate of drug-likeness (QED) is 0.659. The van der Waals surface area contributed by atoms with Crippen LogP contribution >= 0.6 is 11.3 Å². The average Bonchev–Trinajstić information content (AvgIpc) is 2.98. The molecule has 0 bridgehead atoms. The first-order chi connectivity index (χ1) is 11.3. The molecule has 0 aliphatic heterocycles. The van der Waals surface area contributed by atoms with Crippen LogP contribution in [0.4, 0.5) is 13.2 Å². The van der Waals surface area contributed by atoms with E-state index in [0.29, 0.717) is 22.3 Å². The fourth-order valence-electron chi connectivity index (χ4n) is 2.38. The van der Waals surface area contributed by atoms with Gasteiger partial charge in [-0.3, -0.25) is 0 Å². The summed E-state index contributed by atoms with van der Waals surface area (Å²) < 4.78 is 63.6. The van der Waals surface area contributed by atoms with E-state index in [-0.39, 0.29) is 4.90 Å². The van der Waals surface area contributed by atoms with Gasteiger partial charge in [-0.2, -0.15) is 11.3 Å². The average molecular weight is 368 g/mol. The summed E-state index contributed by atoms with van der Waals surface area (Å²) in [4.78, 5) is -0.379. The van der Waals surface area contributed by atoms with Crippen molar-refractivity contribution in [3.05, 3.63) is 64.6 Å². The van der Waals surface area contributed by atoms with Crippen LogP contribution in [0.5, 0.6) is 0 Å². The first-order valence-electron chi connectivity index (χ1n) is 6.79. The fraction of sp³-hybridized carbons (Fsp3) is 0.0588. The molecule has 0 atom stereocenters. The molecule has 0 fully saturated rings. The van der Waals surface area contributed by atoms with Gasteiger partial charge in [-0.05, 0) is 46.2 Å². The zero-order valence-electron chi connectivity index (χ0n) is 12.4. The van der Waals surface area contributed by atoms with E-state index in [9.17, 15) is 21.6 Å². The van der Waals surface area contributed by atoms with Crippen molar-refractivity contribution in [2.75, 3.05) is 6.26 Å². The number of hydrogen-bond donors (Lipinski definition) is 0. The third-order valence-corrected chi connectivity index (χ3v) is 5.41. The van der Waals surface area contributed by atoms with E-state index in [1.54, 1.807) is 10.8 Å². The Labute approximate surface area is 141 Å². The van der Waals surface area contributed by atoms with Crippen LogP contribution in [-0.2, 0) is 9.84 Å². The molecule has 1 aromatic heterocycles. The maximum atomic E-state index is 14.1. The van der Waals surface area contributed by atoms with Crippen LogP contribution in [0, 0.1) is 17.5 Å². The lowest BCUT2D eigenvalue weighted by molar-refractivity contribution is 0.509. The number of sulfone groups is 1. The summed E-state index contributed by atoms with van der Waals surface area (Å²) in [5.74, 6) is -2.76. The van der Waals surface area contributed by atoms with E-state index in [0.717, 1.165) is 24.5 Å². The molecule has 0 N–H and O–H groups in total. The highest BCUT2D eigenvalue weighted by Crippen LogP contribution is 2.36. The van der Waals surface area contributed by atoms with Crippen molar-refractivity contribution < 1.29 is 21.6 Å². The SMILES string of the molecule is CS(=O)(=O)c1ccc(-c2cscc2-c2ccc(F)c(F)c2)cc1F. The maximum Gasteiger partial charge on any atom is 0.178 e. The molecule has 124 valence electrons. The minimum Gasteiger partial charge on any atom is -0.224 e. The highest BCUT2D eigenvalue weighted by Gasteiger charge is 2.17. The summed E-state index contributed by atoms with van der Waals surface area (Å²) in [6.07, 6.45) is 0.933. The molecule has 0 aliphatic carbocycles. The summed E-state index contributed by atoms with van der Waals surface area (Å²) in [6.45, 7) is 0. The molecule has 0 spiro atoms. The second kappa shape index (κ2) is 6.07. The highest BCUT2D eigenvalue weighted by molar-refractivity contribution is 7.90. The van der Waals surface area contributed by atoms with Crippen LogP contribution in [0.25, 0.3) is 22.3 Å². The third-order valence-electron chi connectivity index (χ3n) is 3.53. The second-order valence-electron chi connectivity index (χ2n) is 5.25. The molecule has 7 heteroatoms. The molecule has 24 heavy (non-hydrogen) atoms. The van der Waals surface area contributed by atoms with Gasteiger partial charge in [-0.1, -0.05) is 12.1 Å². The van der Waals surface area contributed by atoms with Gasteiger partial charge in [0.2, 0.25) is 0 Å². The maximum absolute atomic E-state index is 14.1. The van der Waals surface area contributed by atoms with E-state index in [4.69, 9.17) is 0 Å². The van der Waals surface area contributed by atoms with Crippen molar-refractivity contribution in [1.29, 1.82) is 0 Å². The van der Waals surface area contributed by atoms with Crippen molar-refractivity contribution in [1.82, 2.24) is 0 Å². The Morgan fingerprint density at radius 2 is 1.33 bits per heavy atom. The Kier molecular flexibility index (Phi) is 4.23. The summed E-state index contributed by atoms with van der Waals surface area (Å²) >= 11 is 1.32. The van der Waals surface area contributed by atoms with Crippen molar-refractivity contribution >= 4 is 21.2 Å². The molecule has 0 aliphatic rings. The number of rotatable bonds is 3. The predicted octanol–water partition coefficient (Wildman–Crippen LogP) is 4.90. The standard InChI is InChI=1S/C17H11F3O2S2/c1-24(21,22)17-5-3-11(7-16(17)20)13-9-23-8-12(13)10-2-4-14(18)15(19)6-10/h2-9H,1H3. The number of thiophene rings is 1. The van der Waals surface area contributed by atoms with E-state index < -0.39 is 27.3 Å². The molecular formula is C17H11F3O2S2. The van der Waals surface area contributed by atoms with Gasteiger partial charge in [0.25, 0.3) is 0 Å². The van der Waals surface area contributed by atoms with Gasteiger partial charge in [0.05, 0.1) is 0 Å². The monoisotopic (exact) mass is 368 g/mol. The number of halogens is 3. The lowest BCUT2D eigenvalue weighted by Gasteiger charge is -2.07. The molecule has 0 unspecified atom stereocenters. The molecular weight excluding hydrogens is 357 g/mol. The summed E-state index contributed by atoms with van der Waals surface area (Å²) in [5.41, 5.74) is 2.15. The summed E-state index contributed by atoms with van der Waals surface area (Å²) in [7, 11) is -3.66. The van der Waals surface area contributed by atoms with Gasteiger partial charge >= 0.3 is 0 Å². The van der Waals surface area contributed by atoms with Crippen molar-refractivity contribution in [2.24, 2.45) is 0 Å². The lowest BCUT2D eigenvalue weighted by atomic mass is 9.99. The molecule has 0 saturated heterocycles. The van der Waals surface area contributed by atoms with E-state index in [1.165, 1.54) is 29.5 Å². The van der Waals surface area contributed by atoms with E-state index in [2.05, 4.69) is 0 Å². The minimum atomic E-state index is -3.66. The Hall–Kier alpha value is -2.12. The van der Waals surface area contributed by atoms with Crippen LogP contribution in [0.2, 0.25) is 0 Å². The van der Waals surface area contributed by atoms with Crippen molar-refractivity contribution in [2.45, 2.75) is 4.90 Å². The van der Waals surface area contributed by atoms with Crippen molar-refractivity contribution in [3.63, 3.8) is 0 Å². The fourth-order valence-corrected chi connectivity index (χ4v) is 3.97. The number of benzene rings is 2. The van der Waals surface area contributed by atoms with Crippen molar-refractivity contribution in [3.8, 4) is 22.3 Å². The van der Waals surface area contributed by atoms with E-state index in [1.807, 2.05) is 0 Å². The Morgan fingerprint density at radius 3 is 1.83 bits per heavy atom. The van der Waals surface area contributed by atoms with Crippen LogP contribution in [-0.4, -0.2) is 14.7 Å². The summed E-state index contributed by atoms with van der Waals surface area (Å²) in [6, 6.07) is 7.35. The smallest absolute Gasteiger partial charge is 0.178 e. The Morgan fingerprint density at radius 1 is 0.792 bits per heavy atom. The topological polar surface area (TPSA) is 34.1 Å². The van der Waals surface area contributed by atoms with Gasteiger partial charge in [0, 0.05) is 17.4 Å². The first kappa shape index (κ1) is 16.7. The Bertz CT molecular complexity index is 1020. The minimum absolute atomic E-state index is 0.379. The van der Waals surface area contributed by atoms with Crippen LogP contribution in [0.3, 0.4) is 0 Å². The van der Waals surface area contributed by atoms with Gasteiger partial charge in [0.15, 0.2) is 21.5 Å². The highest BCUT2D eigenvalue weighted by atomic mass is 32.2. The molecule has 2 aromatic carbocycles. The van der Waals surface area contributed by atoms with Gasteiger partial charge in [0.1, 0.15) is 10.7 Å². The normalized spacial score (nSPS) is 11.7. The lowest BCUT2D eigenvalue weighted by Crippen LogP contribution is -2.00. The largest absolute Gasteiger partial charge is 0.224 e. The van der Waals surface area contributed by atoms with Crippen LogP contribution < -0.4 is 0 Å². The van der Waals surface area contributed by atoms with Crippen LogP contribution in [0.15, 0.2) is 52.1 Å². The molecule has 0 amide bonds. The zero-order valence-corrected chi connectivity index (χ0v) is 14.0. The van der Waals surface area contributed by atoms with E-state index >= 15 is 0 Å². The van der Waals surface area contributed by atoms with Gasteiger partial charge in [-0.25, -0.2) is 21.6 Å². The molecule has 1 heterocycles. The van der Waals surface area contributed by atoms with Crippen LogP contribution in [0.1, 0.15) is 0 Å². The second-order valence-corrected chi connectivity index (χ2v) is 7.97. The first-order valence-corrected chi connectivity index (χ1v) is 9.62.